The predicted octanol–water partition coefficient (Wildman–Crippen LogP) is 1.44. The van der Waals surface area contributed by atoms with Crippen molar-refractivity contribution in [2.75, 3.05) is 7.11 Å². The van der Waals surface area contributed by atoms with Crippen LogP contribution in [0.4, 0.5) is 0 Å². The highest BCUT2D eigenvalue weighted by atomic mass is 79.9. The average Bonchev–Trinajstić information content (AvgIpc) is 2.16. The number of nitrogens with zero attached hydrogens (tertiary/aromatic N) is 1. The molecule has 0 fully saturated rings. The van der Waals surface area contributed by atoms with Gasteiger partial charge in [0.25, 0.3) is 0 Å². The van der Waals surface area contributed by atoms with E-state index in [2.05, 4.69) is 25.7 Å². The molecule has 0 saturated carbocycles. The number of hydrogen-bond donors (Lipinski definition) is 1. The molecule has 0 aromatic carbocycles. The lowest BCUT2D eigenvalue weighted by Crippen LogP contribution is -2.23. The summed E-state index contributed by atoms with van der Waals surface area (Å²) < 4.78 is 5.07. The monoisotopic (exact) mass is 280 g/mol. The molecule has 2 N–H and O–H groups in total. The van der Waals surface area contributed by atoms with E-state index in [1.54, 1.807) is 18.3 Å². The Hall–Kier alpha value is -0.650. The van der Waals surface area contributed by atoms with Gasteiger partial charge in [-0.05, 0) is 22.0 Å². The molecule has 0 aliphatic rings. The normalized spacial score (nSPS) is 11.4. The molecule has 0 radical (unpaired) electrons. The number of methoxy groups -OCH3 is 1. The first-order valence-electron chi connectivity index (χ1n) is 3.60. The summed E-state index contributed by atoms with van der Waals surface area (Å²) in [6.07, 6.45) is 1.61. The number of nitrogens with two attached hydrogens (primary N) is 1. The highest BCUT2D eigenvalue weighted by Crippen LogP contribution is 2.19. The number of carbonyl (C=O) groups excluding carboxylic acids is 1. The topological polar surface area (TPSA) is 65.2 Å². The molecule has 1 heterocycles. The van der Waals surface area contributed by atoms with Crippen molar-refractivity contribution in [2.24, 2.45) is 5.73 Å². The smallest absolute Gasteiger partial charge is 0.327 e. The zero-order valence-electron chi connectivity index (χ0n) is 7.44. The van der Waals surface area contributed by atoms with Gasteiger partial charge < -0.3 is 10.5 Å². The number of halogens is 2. The number of pyridine rings is 1. The van der Waals surface area contributed by atoms with E-state index >= 15 is 0 Å². The van der Waals surface area contributed by atoms with Crippen LogP contribution in [-0.2, 0) is 9.53 Å². The van der Waals surface area contributed by atoms with Crippen molar-refractivity contribution in [3.05, 3.63) is 28.5 Å². The van der Waals surface area contributed by atoms with Crippen LogP contribution >= 0.6 is 28.3 Å². The third-order valence-corrected chi connectivity index (χ3v) is 2.24. The van der Waals surface area contributed by atoms with E-state index in [0.29, 0.717) is 10.2 Å². The highest BCUT2D eigenvalue weighted by Gasteiger charge is 2.18. The summed E-state index contributed by atoms with van der Waals surface area (Å²) in [5, 5.41) is 0. The number of carbonyl (C=O) groups is 1. The van der Waals surface area contributed by atoms with Gasteiger partial charge in [0.05, 0.1) is 7.11 Å². The lowest BCUT2D eigenvalue weighted by Gasteiger charge is -2.09. The molecule has 0 amide bonds. The summed E-state index contributed by atoms with van der Waals surface area (Å²) >= 11 is 3.20. The Kier molecular flexibility index (Phi) is 5.68. The van der Waals surface area contributed by atoms with Crippen LogP contribution in [0.25, 0.3) is 0 Å². The Balaban J connectivity index is 0.00000169. The van der Waals surface area contributed by atoms with Crippen LogP contribution in [0.5, 0.6) is 0 Å². The maximum absolute atomic E-state index is 11.1. The van der Waals surface area contributed by atoms with Crippen LogP contribution < -0.4 is 5.73 Å². The maximum Gasteiger partial charge on any atom is 0.327 e. The fourth-order valence-corrected chi connectivity index (χ4v) is 1.38. The summed E-state index contributed by atoms with van der Waals surface area (Å²) in [4.78, 5) is 15.0. The van der Waals surface area contributed by atoms with Crippen LogP contribution in [0.3, 0.4) is 0 Å². The summed E-state index contributed by atoms with van der Waals surface area (Å²) in [5.41, 5.74) is 6.23. The van der Waals surface area contributed by atoms with Crippen molar-refractivity contribution in [2.45, 2.75) is 6.04 Å². The van der Waals surface area contributed by atoms with Gasteiger partial charge in [-0.15, -0.1) is 12.4 Å². The molecule has 1 aromatic heterocycles. The number of hydrogen-bond acceptors (Lipinski definition) is 4. The van der Waals surface area contributed by atoms with Gasteiger partial charge in [-0.1, -0.05) is 6.07 Å². The van der Waals surface area contributed by atoms with E-state index in [0.717, 1.165) is 0 Å². The molecule has 1 atom stereocenters. The molecule has 0 aliphatic heterocycles. The van der Waals surface area contributed by atoms with E-state index in [9.17, 15) is 4.79 Å². The zero-order chi connectivity index (χ0) is 9.84. The Morgan fingerprint density at radius 2 is 2.36 bits per heavy atom. The molecule has 14 heavy (non-hydrogen) atoms. The van der Waals surface area contributed by atoms with Crippen molar-refractivity contribution in [1.82, 2.24) is 4.98 Å². The fraction of sp³-hybridized carbons (Fsp3) is 0.250. The second kappa shape index (κ2) is 5.95. The van der Waals surface area contributed by atoms with Gasteiger partial charge in [0.15, 0.2) is 0 Å². The summed E-state index contributed by atoms with van der Waals surface area (Å²) in [5.74, 6) is -0.478. The number of esters is 1. The molecule has 0 aliphatic carbocycles. The summed E-state index contributed by atoms with van der Waals surface area (Å²) in [6.45, 7) is 0. The van der Waals surface area contributed by atoms with E-state index in [1.165, 1.54) is 7.11 Å². The number of rotatable bonds is 2. The quantitative estimate of drug-likeness (QED) is 0.658. The molecule has 0 spiro atoms. The summed E-state index contributed by atoms with van der Waals surface area (Å²) in [6, 6.07) is 2.65. The lowest BCUT2D eigenvalue weighted by molar-refractivity contribution is -0.142. The molecular weight excluding hydrogens is 271 g/mol. The van der Waals surface area contributed by atoms with Gasteiger partial charge in [0.2, 0.25) is 0 Å². The fourth-order valence-electron chi connectivity index (χ4n) is 0.884. The molecular formula is C8H10BrClN2O2. The third kappa shape index (κ3) is 2.94. The van der Waals surface area contributed by atoms with E-state index in [4.69, 9.17) is 5.73 Å². The lowest BCUT2D eigenvalue weighted by atomic mass is 10.1. The average molecular weight is 282 g/mol. The van der Waals surface area contributed by atoms with Crippen LogP contribution in [0.2, 0.25) is 0 Å². The molecule has 0 bridgehead atoms. The van der Waals surface area contributed by atoms with Crippen molar-refractivity contribution in [3.63, 3.8) is 0 Å². The molecule has 4 nitrogen and oxygen atoms in total. The van der Waals surface area contributed by atoms with Crippen molar-refractivity contribution in [1.29, 1.82) is 0 Å². The van der Waals surface area contributed by atoms with Gasteiger partial charge in [-0.2, -0.15) is 0 Å². The Morgan fingerprint density at radius 1 is 1.71 bits per heavy atom. The minimum Gasteiger partial charge on any atom is -0.468 e. The van der Waals surface area contributed by atoms with Crippen LogP contribution in [-0.4, -0.2) is 18.1 Å². The van der Waals surface area contributed by atoms with Gasteiger partial charge in [-0.25, -0.2) is 4.98 Å². The van der Waals surface area contributed by atoms with Crippen molar-refractivity contribution < 1.29 is 9.53 Å². The second-order valence-electron chi connectivity index (χ2n) is 2.38. The standard InChI is InChI=1S/C8H9BrN2O2.ClH/c1-13-8(12)6(10)5-3-2-4-11-7(5)9;/h2-4,6H,10H2,1H3;1H/t6-;/m0./s1. The van der Waals surface area contributed by atoms with Crippen molar-refractivity contribution in [3.8, 4) is 0 Å². The van der Waals surface area contributed by atoms with Crippen molar-refractivity contribution >= 4 is 34.3 Å². The van der Waals surface area contributed by atoms with E-state index < -0.39 is 12.0 Å². The first-order chi connectivity index (χ1) is 6.16. The van der Waals surface area contributed by atoms with Crippen LogP contribution in [0, 0.1) is 0 Å². The molecule has 1 aromatic rings. The number of ether oxygens (including phenoxy) is 1. The molecule has 0 saturated heterocycles. The Labute approximate surface area is 96.4 Å². The SMILES string of the molecule is COC(=O)[C@@H](N)c1cccnc1Br.Cl. The number of aromatic nitrogens is 1. The first-order valence-corrected chi connectivity index (χ1v) is 4.40. The Bertz CT molecular complexity index is 322. The molecule has 1 rings (SSSR count). The third-order valence-electron chi connectivity index (χ3n) is 1.58. The zero-order valence-corrected chi connectivity index (χ0v) is 9.84. The predicted molar refractivity (Wildman–Crippen MR) is 58.1 cm³/mol. The van der Waals surface area contributed by atoms with Crippen LogP contribution in [0.1, 0.15) is 11.6 Å². The van der Waals surface area contributed by atoms with Gasteiger partial charge >= 0.3 is 5.97 Å². The minimum atomic E-state index is -0.784. The largest absolute Gasteiger partial charge is 0.468 e. The van der Waals surface area contributed by atoms with Gasteiger partial charge in [0.1, 0.15) is 10.6 Å². The summed E-state index contributed by atoms with van der Waals surface area (Å²) in [7, 11) is 1.30. The second-order valence-corrected chi connectivity index (χ2v) is 3.14. The van der Waals surface area contributed by atoms with Gasteiger partial charge in [0, 0.05) is 11.8 Å². The van der Waals surface area contributed by atoms with E-state index in [1.807, 2.05) is 0 Å². The van der Waals surface area contributed by atoms with Gasteiger partial charge in [-0.3, -0.25) is 4.79 Å². The Morgan fingerprint density at radius 3 is 2.86 bits per heavy atom. The molecule has 78 valence electrons. The maximum atomic E-state index is 11.1. The highest BCUT2D eigenvalue weighted by molar-refractivity contribution is 9.10. The molecule has 6 heteroatoms. The van der Waals surface area contributed by atoms with Crippen LogP contribution in [0.15, 0.2) is 22.9 Å². The minimum absolute atomic E-state index is 0. The molecule has 0 unspecified atom stereocenters. The first kappa shape index (κ1) is 13.4. The van der Waals surface area contributed by atoms with E-state index in [-0.39, 0.29) is 12.4 Å².